The van der Waals surface area contributed by atoms with Gasteiger partial charge in [0.1, 0.15) is 0 Å². The van der Waals surface area contributed by atoms with Gasteiger partial charge in [-0.1, -0.05) is 0 Å². The quantitative estimate of drug-likeness (QED) is 0.102. The zero-order chi connectivity index (χ0) is 16.8. The Morgan fingerprint density at radius 1 is 0.682 bits per heavy atom. The Morgan fingerprint density at radius 3 is 1.32 bits per heavy atom. The van der Waals surface area contributed by atoms with Crippen molar-refractivity contribution in [3.63, 3.8) is 0 Å². The average molecular weight is 318 g/mol. The highest BCUT2D eigenvalue weighted by atomic mass is 16.2. The van der Waals surface area contributed by atoms with Crippen LogP contribution in [-0.4, -0.2) is 61.3 Å². The summed E-state index contributed by atoms with van der Waals surface area (Å²) < 4.78 is 0. The largest absolute Gasteiger partial charge is 0.350 e. The van der Waals surface area contributed by atoms with Gasteiger partial charge in [-0.3, -0.25) is 10.0 Å². The average Bonchev–Trinajstić information content (AvgIpc) is 2.47. The van der Waals surface area contributed by atoms with Gasteiger partial charge in [-0.05, 0) is 51.9 Å². The van der Waals surface area contributed by atoms with Crippen molar-refractivity contribution < 1.29 is 9.59 Å². The molecule has 0 atom stereocenters. The van der Waals surface area contributed by atoms with E-state index in [-0.39, 0.29) is 0 Å². The summed E-state index contributed by atoms with van der Waals surface area (Å²) in [6, 6.07) is -1.22. The summed E-state index contributed by atoms with van der Waals surface area (Å²) in [6.45, 7) is 4.34. The monoisotopic (exact) mass is 318 g/mol. The van der Waals surface area contributed by atoms with Crippen molar-refractivity contribution in [2.24, 2.45) is 23.2 Å². The lowest BCUT2D eigenvalue weighted by molar-refractivity contribution is 0.207. The van der Waals surface area contributed by atoms with E-state index in [0.29, 0.717) is 13.1 Å². The molecule has 0 aliphatic rings. The first-order valence-electron chi connectivity index (χ1n) is 7.50. The van der Waals surface area contributed by atoms with Gasteiger partial charge in [0.05, 0.1) is 0 Å². The molecular weight excluding hydrogens is 288 g/mol. The van der Waals surface area contributed by atoms with Crippen molar-refractivity contribution in [2.45, 2.75) is 25.7 Å². The van der Waals surface area contributed by atoms with Crippen LogP contribution in [0.5, 0.6) is 0 Å². The second-order valence-electron chi connectivity index (χ2n) is 4.98. The number of nitrogens with one attached hydrogen (secondary N) is 2. The van der Waals surface area contributed by atoms with Crippen molar-refractivity contribution in [2.75, 3.05) is 39.3 Å². The fraction of sp³-hybridized carbons (Fsp3) is 0.833. The lowest BCUT2D eigenvalue weighted by Gasteiger charge is -2.13. The summed E-state index contributed by atoms with van der Waals surface area (Å²) in [4.78, 5) is 21.3. The first-order valence-corrected chi connectivity index (χ1v) is 7.50. The SMILES string of the molecule is NC(=O)N(N)CCCNCCCCNCCCN(N)C(N)=O. The van der Waals surface area contributed by atoms with Crippen LogP contribution in [0.1, 0.15) is 25.7 Å². The molecule has 22 heavy (non-hydrogen) atoms. The van der Waals surface area contributed by atoms with Gasteiger partial charge < -0.3 is 22.1 Å². The highest BCUT2D eigenvalue weighted by molar-refractivity contribution is 5.71. The fourth-order valence-electron chi connectivity index (χ4n) is 1.72. The molecule has 0 aromatic rings. The van der Waals surface area contributed by atoms with Crippen LogP contribution < -0.4 is 33.8 Å². The summed E-state index contributed by atoms with van der Waals surface area (Å²) in [7, 11) is 0. The Labute approximate surface area is 131 Å². The molecule has 0 aliphatic carbocycles. The number of carbonyl (C=O) groups is 2. The van der Waals surface area contributed by atoms with Gasteiger partial charge in [0, 0.05) is 13.1 Å². The molecule has 0 saturated carbocycles. The highest BCUT2D eigenvalue weighted by Crippen LogP contribution is 1.88. The number of primary amides is 2. The Bertz CT molecular complexity index is 286. The summed E-state index contributed by atoms with van der Waals surface area (Å²) in [5, 5.41) is 8.56. The Morgan fingerprint density at radius 2 is 1.00 bits per heavy atom. The number of amides is 4. The van der Waals surface area contributed by atoms with Gasteiger partial charge in [-0.25, -0.2) is 21.3 Å². The number of nitrogens with two attached hydrogens (primary N) is 4. The topological polar surface area (TPSA) is 169 Å². The summed E-state index contributed by atoms with van der Waals surface area (Å²) in [5.41, 5.74) is 10.00. The predicted molar refractivity (Wildman–Crippen MR) is 85.2 cm³/mol. The standard InChI is InChI=1S/C12H30N8O2/c13-11(21)19(15)9-3-7-17-5-1-2-6-18-8-4-10-20(16)12(14)22/h17-18H,1-10,15-16H2,(H2,13,21)(H2,14,22). The van der Waals surface area contributed by atoms with Crippen molar-refractivity contribution >= 4 is 12.1 Å². The molecule has 10 heteroatoms. The summed E-state index contributed by atoms with van der Waals surface area (Å²) in [6.07, 6.45) is 3.65. The highest BCUT2D eigenvalue weighted by Gasteiger charge is 2.02. The van der Waals surface area contributed by atoms with Gasteiger partial charge in [-0.2, -0.15) is 0 Å². The van der Waals surface area contributed by atoms with Crippen LogP contribution in [0.3, 0.4) is 0 Å². The third kappa shape index (κ3) is 12.1. The van der Waals surface area contributed by atoms with Gasteiger partial charge in [0.25, 0.3) is 0 Å². The van der Waals surface area contributed by atoms with E-state index in [4.69, 9.17) is 23.2 Å². The molecule has 0 aromatic carbocycles. The molecule has 4 amide bonds. The molecule has 10 N–H and O–H groups in total. The fourth-order valence-corrected chi connectivity index (χ4v) is 1.72. The molecule has 0 aliphatic heterocycles. The van der Waals surface area contributed by atoms with Crippen LogP contribution in [0.2, 0.25) is 0 Å². The van der Waals surface area contributed by atoms with Gasteiger partial charge in [0.2, 0.25) is 0 Å². The van der Waals surface area contributed by atoms with E-state index in [1.54, 1.807) is 0 Å². The molecule has 10 nitrogen and oxygen atoms in total. The zero-order valence-electron chi connectivity index (χ0n) is 13.1. The second-order valence-corrected chi connectivity index (χ2v) is 4.98. The van der Waals surface area contributed by atoms with E-state index >= 15 is 0 Å². The minimum Gasteiger partial charge on any atom is -0.350 e. The number of rotatable bonds is 13. The van der Waals surface area contributed by atoms with E-state index in [9.17, 15) is 9.59 Å². The van der Waals surface area contributed by atoms with Gasteiger partial charge >= 0.3 is 12.1 Å². The molecule has 0 spiro atoms. The molecule has 130 valence electrons. The first kappa shape index (κ1) is 20.4. The van der Waals surface area contributed by atoms with E-state index in [2.05, 4.69) is 10.6 Å². The maximum atomic E-state index is 10.6. The molecule has 0 bridgehead atoms. The Balaban J connectivity index is 3.18. The van der Waals surface area contributed by atoms with Crippen LogP contribution in [0.4, 0.5) is 9.59 Å². The van der Waals surface area contributed by atoms with Crippen LogP contribution >= 0.6 is 0 Å². The molecule has 0 saturated heterocycles. The van der Waals surface area contributed by atoms with Crippen molar-refractivity contribution in [3.05, 3.63) is 0 Å². The van der Waals surface area contributed by atoms with E-state index < -0.39 is 12.1 Å². The van der Waals surface area contributed by atoms with Crippen LogP contribution in [0.25, 0.3) is 0 Å². The molecule has 0 radical (unpaired) electrons. The van der Waals surface area contributed by atoms with E-state index in [1.807, 2.05) is 0 Å². The van der Waals surface area contributed by atoms with Crippen LogP contribution in [0, 0.1) is 0 Å². The normalized spacial score (nSPS) is 10.5. The molecule has 0 unspecified atom stereocenters. The minimum atomic E-state index is -0.611. The number of urea groups is 2. The first-order chi connectivity index (χ1) is 10.4. The summed E-state index contributed by atoms with van der Waals surface area (Å²) >= 11 is 0. The lowest BCUT2D eigenvalue weighted by atomic mass is 10.3. The number of carbonyl (C=O) groups excluding carboxylic acids is 2. The number of hydrogen-bond acceptors (Lipinski definition) is 6. The molecule has 0 aromatic heterocycles. The number of hydrazine groups is 2. The van der Waals surface area contributed by atoms with Gasteiger partial charge in [-0.15, -0.1) is 0 Å². The number of unbranched alkanes of at least 4 members (excludes halogenated alkanes) is 1. The lowest BCUT2D eigenvalue weighted by Crippen LogP contribution is -2.42. The molecule has 0 heterocycles. The maximum absolute atomic E-state index is 10.6. The van der Waals surface area contributed by atoms with Crippen molar-refractivity contribution in [3.8, 4) is 0 Å². The van der Waals surface area contributed by atoms with E-state index in [0.717, 1.165) is 61.9 Å². The molecular formula is C12H30N8O2. The van der Waals surface area contributed by atoms with Crippen molar-refractivity contribution in [1.82, 2.24) is 20.7 Å². The maximum Gasteiger partial charge on any atom is 0.328 e. The molecule has 0 fully saturated rings. The number of hydrogen-bond donors (Lipinski definition) is 6. The van der Waals surface area contributed by atoms with E-state index in [1.165, 1.54) is 0 Å². The Kier molecular flexibility index (Phi) is 12.1. The van der Waals surface area contributed by atoms with Crippen molar-refractivity contribution in [1.29, 1.82) is 0 Å². The second kappa shape index (κ2) is 13.1. The number of nitrogens with zero attached hydrogens (tertiary/aromatic N) is 2. The third-order valence-corrected chi connectivity index (χ3v) is 3.03. The smallest absolute Gasteiger partial charge is 0.328 e. The molecule has 0 rings (SSSR count). The van der Waals surface area contributed by atoms with Gasteiger partial charge in [0.15, 0.2) is 0 Å². The minimum absolute atomic E-state index is 0.452. The predicted octanol–water partition coefficient (Wildman–Crippen LogP) is -1.77. The zero-order valence-corrected chi connectivity index (χ0v) is 13.1. The Hall–Kier alpha value is -1.62. The van der Waals surface area contributed by atoms with Crippen LogP contribution in [-0.2, 0) is 0 Å². The summed E-state index contributed by atoms with van der Waals surface area (Å²) in [5.74, 6) is 10.7. The third-order valence-electron chi connectivity index (χ3n) is 3.03. The van der Waals surface area contributed by atoms with Crippen LogP contribution in [0.15, 0.2) is 0 Å².